The molecule has 0 bridgehead atoms. The summed E-state index contributed by atoms with van der Waals surface area (Å²) < 4.78 is 38.9. The van der Waals surface area contributed by atoms with E-state index in [2.05, 4.69) is 9.72 Å². The zero-order chi connectivity index (χ0) is 10.6. The molecule has 0 atom stereocenters. The summed E-state index contributed by atoms with van der Waals surface area (Å²) in [5.74, 6) is -2.21. The highest BCUT2D eigenvalue weighted by Crippen LogP contribution is 2.17. The second-order valence-electron chi connectivity index (χ2n) is 2.39. The van der Waals surface area contributed by atoms with E-state index in [0.717, 1.165) is 0 Å². The highest BCUT2D eigenvalue weighted by atomic mass is 19.4. The average molecular weight is 205 g/mol. The highest BCUT2D eigenvalue weighted by Gasteiger charge is 2.40. The zero-order valence-corrected chi connectivity index (χ0v) is 6.91. The summed E-state index contributed by atoms with van der Waals surface area (Å²) in [7, 11) is 0. The highest BCUT2D eigenvalue weighted by molar-refractivity contribution is 5.75. The van der Waals surface area contributed by atoms with E-state index >= 15 is 0 Å². The van der Waals surface area contributed by atoms with Crippen LogP contribution in [0.1, 0.15) is 5.69 Å². The van der Waals surface area contributed by atoms with Gasteiger partial charge in [0.25, 0.3) is 0 Å². The van der Waals surface area contributed by atoms with Crippen molar-refractivity contribution in [3.63, 3.8) is 0 Å². The van der Waals surface area contributed by atoms with E-state index in [1.54, 1.807) is 12.1 Å². The largest absolute Gasteiger partial charge is 0.490 e. The van der Waals surface area contributed by atoms with Crippen LogP contribution in [0.25, 0.3) is 0 Å². The fourth-order valence-corrected chi connectivity index (χ4v) is 0.705. The first-order valence-corrected chi connectivity index (χ1v) is 3.64. The van der Waals surface area contributed by atoms with Crippen molar-refractivity contribution in [3.8, 4) is 0 Å². The molecule has 1 heterocycles. The van der Waals surface area contributed by atoms with Gasteiger partial charge in [0.1, 0.15) is 6.61 Å². The normalized spacial score (nSPS) is 11.1. The summed E-state index contributed by atoms with van der Waals surface area (Å²) in [5, 5.41) is 0. The van der Waals surface area contributed by atoms with E-state index < -0.39 is 18.8 Å². The number of aromatic nitrogens is 1. The minimum atomic E-state index is -4.95. The van der Waals surface area contributed by atoms with E-state index in [0.29, 0.717) is 0 Å². The van der Waals surface area contributed by atoms with Gasteiger partial charge < -0.3 is 4.74 Å². The molecule has 14 heavy (non-hydrogen) atoms. The number of carbonyl (C=O) groups is 1. The van der Waals surface area contributed by atoms with Crippen molar-refractivity contribution < 1.29 is 22.7 Å². The van der Waals surface area contributed by atoms with Crippen molar-refractivity contribution in [1.29, 1.82) is 0 Å². The monoisotopic (exact) mass is 205 g/mol. The van der Waals surface area contributed by atoms with Crippen LogP contribution in [-0.4, -0.2) is 17.1 Å². The molecule has 0 aliphatic carbocycles. The van der Waals surface area contributed by atoms with Crippen LogP contribution in [0.5, 0.6) is 0 Å². The van der Waals surface area contributed by atoms with E-state index in [1.165, 1.54) is 12.3 Å². The fraction of sp³-hybridized carbons (Fsp3) is 0.250. The summed E-state index contributed by atoms with van der Waals surface area (Å²) in [5.41, 5.74) is 0.269. The SMILES string of the molecule is O=C(OCc1ccccn1)C(F)(F)F. The van der Waals surface area contributed by atoms with Gasteiger partial charge in [0.15, 0.2) is 0 Å². The molecule has 0 fully saturated rings. The van der Waals surface area contributed by atoms with Crippen LogP contribution in [0.3, 0.4) is 0 Å². The van der Waals surface area contributed by atoms with Gasteiger partial charge >= 0.3 is 12.1 Å². The number of nitrogens with zero attached hydrogens (tertiary/aromatic N) is 1. The molecular weight excluding hydrogens is 199 g/mol. The van der Waals surface area contributed by atoms with Gasteiger partial charge in [0.05, 0.1) is 5.69 Å². The summed E-state index contributed by atoms with van der Waals surface area (Å²) in [6.07, 6.45) is -3.55. The summed E-state index contributed by atoms with van der Waals surface area (Å²) in [6, 6.07) is 4.66. The number of halogens is 3. The molecule has 0 aliphatic rings. The van der Waals surface area contributed by atoms with Crippen molar-refractivity contribution in [2.45, 2.75) is 12.8 Å². The van der Waals surface area contributed by atoms with Gasteiger partial charge in [0.2, 0.25) is 0 Å². The molecule has 3 nitrogen and oxygen atoms in total. The predicted octanol–water partition coefficient (Wildman–Crippen LogP) is 1.69. The predicted molar refractivity (Wildman–Crippen MR) is 40.1 cm³/mol. The number of esters is 1. The van der Waals surface area contributed by atoms with E-state index in [-0.39, 0.29) is 5.69 Å². The molecule has 1 aromatic rings. The minimum Gasteiger partial charge on any atom is -0.453 e. The Hall–Kier alpha value is -1.59. The Bertz CT molecular complexity index is 310. The first-order chi connectivity index (χ1) is 6.50. The molecule has 0 amide bonds. The molecule has 6 heteroatoms. The maximum absolute atomic E-state index is 11.7. The molecule has 0 saturated heterocycles. The molecule has 76 valence electrons. The summed E-state index contributed by atoms with van der Waals surface area (Å²) in [4.78, 5) is 14.0. The molecular formula is C8H6F3NO2. The van der Waals surface area contributed by atoms with Gasteiger partial charge in [0, 0.05) is 6.20 Å². The molecule has 0 aliphatic heterocycles. The lowest BCUT2D eigenvalue weighted by Gasteiger charge is -2.05. The van der Waals surface area contributed by atoms with Crippen LogP contribution in [-0.2, 0) is 16.1 Å². The van der Waals surface area contributed by atoms with Crippen LogP contribution in [0.2, 0.25) is 0 Å². The lowest BCUT2D eigenvalue weighted by atomic mass is 10.4. The Labute approximate surface area is 77.5 Å². The summed E-state index contributed by atoms with van der Waals surface area (Å²) >= 11 is 0. The van der Waals surface area contributed by atoms with E-state index in [9.17, 15) is 18.0 Å². The van der Waals surface area contributed by atoms with Crippen LogP contribution < -0.4 is 0 Å². The smallest absolute Gasteiger partial charge is 0.453 e. The molecule has 0 N–H and O–H groups in total. The number of hydrogen-bond acceptors (Lipinski definition) is 3. The van der Waals surface area contributed by atoms with Gasteiger partial charge in [-0.3, -0.25) is 4.98 Å². The van der Waals surface area contributed by atoms with Crippen molar-refractivity contribution in [2.75, 3.05) is 0 Å². The van der Waals surface area contributed by atoms with E-state index in [1.807, 2.05) is 0 Å². The Morgan fingerprint density at radius 1 is 1.43 bits per heavy atom. The second-order valence-corrected chi connectivity index (χ2v) is 2.39. The lowest BCUT2D eigenvalue weighted by Crippen LogP contribution is -2.25. The molecule has 1 rings (SSSR count). The van der Waals surface area contributed by atoms with Crippen molar-refractivity contribution >= 4 is 5.97 Å². The van der Waals surface area contributed by atoms with Crippen molar-refractivity contribution in [1.82, 2.24) is 4.98 Å². The molecule has 1 aromatic heterocycles. The molecule has 0 unspecified atom stereocenters. The first-order valence-electron chi connectivity index (χ1n) is 3.64. The maximum Gasteiger partial charge on any atom is 0.490 e. The van der Waals surface area contributed by atoms with Crippen molar-refractivity contribution in [3.05, 3.63) is 30.1 Å². The molecule has 0 spiro atoms. The topological polar surface area (TPSA) is 39.2 Å². The lowest BCUT2D eigenvalue weighted by molar-refractivity contribution is -0.201. The van der Waals surface area contributed by atoms with Crippen LogP contribution in [0.4, 0.5) is 13.2 Å². The van der Waals surface area contributed by atoms with Gasteiger partial charge in [-0.1, -0.05) is 6.07 Å². The van der Waals surface area contributed by atoms with Crippen LogP contribution in [0.15, 0.2) is 24.4 Å². The van der Waals surface area contributed by atoms with Gasteiger partial charge in [-0.2, -0.15) is 13.2 Å². The van der Waals surface area contributed by atoms with Gasteiger partial charge in [-0.05, 0) is 12.1 Å². The molecule has 0 radical (unpaired) electrons. The quantitative estimate of drug-likeness (QED) is 0.689. The Morgan fingerprint density at radius 2 is 2.14 bits per heavy atom. The second kappa shape index (κ2) is 4.08. The number of hydrogen-bond donors (Lipinski definition) is 0. The fourth-order valence-electron chi connectivity index (χ4n) is 0.705. The number of alkyl halides is 3. The number of rotatable bonds is 2. The molecule has 0 aromatic carbocycles. The third-order valence-corrected chi connectivity index (χ3v) is 1.31. The van der Waals surface area contributed by atoms with Gasteiger partial charge in [-0.15, -0.1) is 0 Å². The molecule has 0 saturated carbocycles. The Kier molecular flexibility index (Phi) is 3.06. The van der Waals surface area contributed by atoms with Crippen LogP contribution >= 0.6 is 0 Å². The zero-order valence-electron chi connectivity index (χ0n) is 6.91. The van der Waals surface area contributed by atoms with Crippen molar-refractivity contribution in [2.24, 2.45) is 0 Å². The average Bonchev–Trinajstić information content (AvgIpc) is 2.14. The third-order valence-electron chi connectivity index (χ3n) is 1.31. The summed E-state index contributed by atoms with van der Waals surface area (Å²) in [6.45, 7) is -0.473. The van der Waals surface area contributed by atoms with E-state index in [4.69, 9.17) is 0 Å². The first kappa shape index (κ1) is 10.5. The van der Waals surface area contributed by atoms with Gasteiger partial charge in [-0.25, -0.2) is 4.79 Å². The number of carbonyl (C=O) groups excluding carboxylic acids is 1. The Balaban J connectivity index is 2.46. The third kappa shape index (κ3) is 3.04. The van der Waals surface area contributed by atoms with Crippen LogP contribution in [0, 0.1) is 0 Å². The number of ether oxygens (including phenoxy) is 1. The number of pyridine rings is 1. The standard InChI is InChI=1S/C8H6F3NO2/c9-8(10,11)7(13)14-5-6-3-1-2-4-12-6/h1-4H,5H2. The maximum atomic E-state index is 11.7. The Morgan fingerprint density at radius 3 is 2.64 bits per heavy atom. The minimum absolute atomic E-state index is 0.269.